The average molecular weight is 255 g/mol. The van der Waals surface area contributed by atoms with E-state index in [4.69, 9.17) is 4.74 Å². The monoisotopic (exact) mass is 255 g/mol. The largest absolute Gasteiger partial charge is 0.383 e. The fourth-order valence-corrected chi connectivity index (χ4v) is 2.96. The van der Waals surface area contributed by atoms with Gasteiger partial charge in [0, 0.05) is 20.2 Å². The van der Waals surface area contributed by atoms with Crippen LogP contribution in [-0.4, -0.2) is 26.8 Å². The van der Waals surface area contributed by atoms with E-state index in [1.165, 1.54) is 38.5 Å². The second-order valence-electron chi connectivity index (χ2n) is 6.67. The van der Waals surface area contributed by atoms with Crippen molar-refractivity contribution in [3.63, 3.8) is 0 Å². The van der Waals surface area contributed by atoms with E-state index in [9.17, 15) is 0 Å². The maximum absolute atomic E-state index is 5.10. The summed E-state index contributed by atoms with van der Waals surface area (Å²) in [7, 11) is 1.77. The van der Waals surface area contributed by atoms with Crippen molar-refractivity contribution in [3.8, 4) is 0 Å². The van der Waals surface area contributed by atoms with Gasteiger partial charge in [0.05, 0.1) is 6.61 Å². The first kappa shape index (κ1) is 16.0. The Morgan fingerprint density at radius 3 is 2.50 bits per heavy atom. The summed E-state index contributed by atoms with van der Waals surface area (Å²) in [4.78, 5) is 0. The number of hydrogen-bond acceptors (Lipinski definition) is 2. The van der Waals surface area contributed by atoms with Crippen LogP contribution in [0.1, 0.15) is 59.3 Å². The first-order valence-electron chi connectivity index (χ1n) is 7.78. The minimum Gasteiger partial charge on any atom is -0.383 e. The van der Waals surface area contributed by atoms with Gasteiger partial charge in [-0.15, -0.1) is 0 Å². The van der Waals surface area contributed by atoms with Crippen molar-refractivity contribution in [1.29, 1.82) is 0 Å². The smallest absolute Gasteiger partial charge is 0.0587 e. The summed E-state index contributed by atoms with van der Waals surface area (Å²) in [5, 5.41) is 3.56. The summed E-state index contributed by atoms with van der Waals surface area (Å²) < 4.78 is 5.10. The molecule has 1 fully saturated rings. The molecule has 0 aliphatic heterocycles. The maximum Gasteiger partial charge on any atom is 0.0587 e. The fourth-order valence-electron chi connectivity index (χ4n) is 2.96. The van der Waals surface area contributed by atoms with Crippen LogP contribution < -0.4 is 5.32 Å². The van der Waals surface area contributed by atoms with E-state index in [1.807, 2.05) is 0 Å². The summed E-state index contributed by atoms with van der Waals surface area (Å²) >= 11 is 0. The van der Waals surface area contributed by atoms with Crippen LogP contribution in [-0.2, 0) is 4.74 Å². The summed E-state index contributed by atoms with van der Waals surface area (Å²) in [6.07, 6.45) is 8.69. The van der Waals surface area contributed by atoms with Gasteiger partial charge in [0.15, 0.2) is 0 Å². The molecule has 0 radical (unpaired) electrons. The third-order valence-electron chi connectivity index (χ3n) is 5.00. The Balaban J connectivity index is 2.30. The Kier molecular flexibility index (Phi) is 7.25. The fraction of sp³-hybridized carbons (Fsp3) is 1.00. The second kappa shape index (κ2) is 8.16. The van der Waals surface area contributed by atoms with Crippen molar-refractivity contribution in [2.75, 3.05) is 26.8 Å². The first-order valence-corrected chi connectivity index (χ1v) is 7.78. The number of nitrogens with one attached hydrogen (secondary N) is 1. The van der Waals surface area contributed by atoms with Gasteiger partial charge in [-0.2, -0.15) is 0 Å². The molecule has 1 aliphatic rings. The van der Waals surface area contributed by atoms with E-state index < -0.39 is 0 Å². The van der Waals surface area contributed by atoms with Gasteiger partial charge in [-0.1, -0.05) is 46.5 Å². The molecule has 0 aromatic rings. The quantitative estimate of drug-likeness (QED) is 0.632. The molecule has 1 saturated carbocycles. The standard InChI is InChI=1S/C16H33NO/c1-14(2)16(3,13-17-11-12-18-4)10-9-15-7-5-6-8-15/h14-15,17H,5-13H2,1-4H3. The van der Waals surface area contributed by atoms with Crippen molar-refractivity contribution < 1.29 is 4.74 Å². The molecular formula is C16H33NO. The number of rotatable bonds is 9. The third kappa shape index (κ3) is 5.27. The SMILES string of the molecule is COCCNCC(C)(CCC1CCCC1)C(C)C. The van der Waals surface area contributed by atoms with Gasteiger partial charge in [0.1, 0.15) is 0 Å². The van der Waals surface area contributed by atoms with Gasteiger partial charge in [0.2, 0.25) is 0 Å². The Bertz CT molecular complexity index is 211. The molecule has 108 valence electrons. The number of methoxy groups -OCH3 is 1. The zero-order chi connectivity index (χ0) is 13.4. The summed E-state index contributed by atoms with van der Waals surface area (Å²) in [6, 6.07) is 0. The van der Waals surface area contributed by atoms with Crippen LogP contribution in [0.2, 0.25) is 0 Å². The van der Waals surface area contributed by atoms with E-state index in [1.54, 1.807) is 7.11 Å². The second-order valence-corrected chi connectivity index (χ2v) is 6.67. The van der Waals surface area contributed by atoms with E-state index >= 15 is 0 Å². The molecule has 1 N–H and O–H groups in total. The Morgan fingerprint density at radius 2 is 1.94 bits per heavy atom. The van der Waals surface area contributed by atoms with Gasteiger partial charge in [-0.05, 0) is 30.1 Å². The third-order valence-corrected chi connectivity index (χ3v) is 5.00. The van der Waals surface area contributed by atoms with Gasteiger partial charge in [0.25, 0.3) is 0 Å². The highest BCUT2D eigenvalue weighted by molar-refractivity contribution is 4.82. The number of hydrogen-bond donors (Lipinski definition) is 1. The topological polar surface area (TPSA) is 21.3 Å². The maximum atomic E-state index is 5.10. The Morgan fingerprint density at radius 1 is 1.28 bits per heavy atom. The van der Waals surface area contributed by atoms with E-state index in [0.717, 1.165) is 31.5 Å². The Labute approximate surface area is 114 Å². The van der Waals surface area contributed by atoms with Crippen molar-refractivity contribution in [1.82, 2.24) is 5.32 Å². The van der Waals surface area contributed by atoms with Crippen LogP contribution in [0.4, 0.5) is 0 Å². The van der Waals surface area contributed by atoms with Crippen molar-refractivity contribution >= 4 is 0 Å². The van der Waals surface area contributed by atoms with E-state index in [-0.39, 0.29) is 0 Å². The molecule has 0 aromatic carbocycles. The van der Waals surface area contributed by atoms with Crippen LogP contribution in [0.25, 0.3) is 0 Å². The molecule has 1 rings (SSSR count). The number of ether oxygens (including phenoxy) is 1. The van der Waals surface area contributed by atoms with Crippen molar-refractivity contribution in [3.05, 3.63) is 0 Å². The lowest BCUT2D eigenvalue weighted by Crippen LogP contribution is -2.37. The minimum absolute atomic E-state index is 0.441. The predicted molar refractivity (Wildman–Crippen MR) is 78.9 cm³/mol. The van der Waals surface area contributed by atoms with Gasteiger partial charge >= 0.3 is 0 Å². The normalized spacial score (nSPS) is 20.5. The highest BCUT2D eigenvalue weighted by Crippen LogP contribution is 2.37. The summed E-state index contributed by atoms with van der Waals surface area (Å²) in [5.74, 6) is 1.76. The molecule has 0 amide bonds. The van der Waals surface area contributed by atoms with Crippen LogP contribution in [0.15, 0.2) is 0 Å². The molecule has 0 bridgehead atoms. The molecule has 0 saturated heterocycles. The first-order chi connectivity index (χ1) is 8.58. The lowest BCUT2D eigenvalue weighted by molar-refractivity contribution is 0.159. The highest BCUT2D eigenvalue weighted by atomic mass is 16.5. The molecule has 1 atom stereocenters. The minimum atomic E-state index is 0.441. The molecule has 0 spiro atoms. The lowest BCUT2D eigenvalue weighted by Gasteiger charge is -2.35. The summed E-state index contributed by atoms with van der Waals surface area (Å²) in [5.41, 5.74) is 0.441. The predicted octanol–water partition coefficient (Wildman–Crippen LogP) is 3.86. The van der Waals surface area contributed by atoms with Gasteiger partial charge in [-0.25, -0.2) is 0 Å². The van der Waals surface area contributed by atoms with Crippen LogP contribution in [0.3, 0.4) is 0 Å². The zero-order valence-corrected chi connectivity index (χ0v) is 12.9. The molecule has 0 heterocycles. The highest BCUT2D eigenvalue weighted by Gasteiger charge is 2.29. The lowest BCUT2D eigenvalue weighted by atomic mass is 9.74. The molecule has 1 aliphatic carbocycles. The molecule has 2 nitrogen and oxygen atoms in total. The van der Waals surface area contributed by atoms with E-state index in [2.05, 4.69) is 26.1 Å². The molecule has 1 unspecified atom stereocenters. The van der Waals surface area contributed by atoms with Gasteiger partial charge in [-0.3, -0.25) is 0 Å². The molecular weight excluding hydrogens is 222 g/mol. The van der Waals surface area contributed by atoms with Crippen LogP contribution >= 0.6 is 0 Å². The molecule has 0 aromatic heterocycles. The Hall–Kier alpha value is -0.0800. The zero-order valence-electron chi connectivity index (χ0n) is 12.9. The van der Waals surface area contributed by atoms with Crippen LogP contribution in [0, 0.1) is 17.3 Å². The van der Waals surface area contributed by atoms with Crippen LogP contribution in [0.5, 0.6) is 0 Å². The van der Waals surface area contributed by atoms with Crippen molar-refractivity contribution in [2.45, 2.75) is 59.3 Å². The van der Waals surface area contributed by atoms with Gasteiger partial charge < -0.3 is 10.1 Å². The average Bonchev–Trinajstić information content (AvgIpc) is 2.85. The summed E-state index contributed by atoms with van der Waals surface area (Å²) in [6.45, 7) is 10.1. The van der Waals surface area contributed by atoms with E-state index in [0.29, 0.717) is 5.41 Å². The molecule has 2 heteroatoms. The molecule has 18 heavy (non-hydrogen) atoms. The van der Waals surface area contributed by atoms with Crippen molar-refractivity contribution in [2.24, 2.45) is 17.3 Å².